The van der Waals surface area contributed by atoms with Crippen LogP contribution in [0.4, 0.5) is 0 Å². The molecule has 0 aromatic heterocycles. The molecule has 1 saturated heterocycles. The van der Waals surface area contributed by atoms with Gasteiger partial charge in [-0.05, 0) is 93.8 Å². The molecular weight excluding hydrogens is 1090 g/mol. The lowest BCUT2D eigenvalue weighted by Gasteiger charge is -2.42. The zero-order valence-corrected chi connectivity index (χ0v) is 55.7. The number of likely N-dealkylation sites (N-methyl/N-ethyl adjacent to an activating group) is 7. The van der Waals surface area contributed by atoms with Gasteiger partial charge in [-0.2, -0.15) is 0 Å². The minimum Gasteiger partial charge on any atom is -0.371 e. The molecule has 23 nitrogen and oxygen atoms in total. The van der Waals surface area contributed by atoms with Gasteiger partial charge in [0.05, 0.1) is 19.3 Å². The fraction of sp³-hybridized carbons (Fsp3) is 0.790. The van der Waals surface area contributed by atoms with E-state index in [9.17, 15) is 38.4 Å². The highest BCUT2D eigenvalue weighted by Crippen LogP contribution is 2.27. The Hall–Kier alpha value is -6.13. The van der Waals surface area contributed by atoms with Crippen LogP contribution in [0.3, 0.4) is 0 Å². The van der Waals surface area contributed by atoms with Crippen molar-refractivity contribution in [3.63, 3.8) is 0 Å². The molecule has 4 N–H and O–H groups in total. The number of rotatable bonds is 12. The van der Waals surface area contributed by atoms with E-state index < -0.39 is 150 Å². The van der Waals surface area contributed by atoms with Crippen molar-refractivity contribution in [3.05, 3.63) is 12.2 Å². The van der Waals surface area contributed by atoms with Gasteiger partial charge in [-0.3, -0.25) is 52.7 Å². The third kappa shape index (κ3) is 20.5. The number of hydrogen-bond donors (Lipinski definition) is 4. The van der Waals surface area contributed by atoms with Crippen LogP contribution >= 0.6 is 0 Å². The lowest BCUT2D eigenvalue weighted by atomic mass is 9.91. The number of carbonyl (C=O) groups excluding carboxylic acids is 11. The average molecular weight is 1200 g/mol. The first-order valence-electron chi connectivity index (χ1n) is 30.7. The van der Waals surface area contributed by atoms with E-state index >= 15 is 14.4 Å². The van der Waals surface area contributed by atoms with E-state index in [-0.39, 0.29) is 68.3 Å². The van der Waals surface area contributed by atoms with Crippen LogP contribution in [0.25, 0.3) is 0 Å². The van der Waals surface area contributed by atoms with Gasteiger partial charge in [-0.25, -0.2) is 0 Å². The van der Waals surface area contributed by atoms with Gasteiger partial charge in [0.2, 0.25) is 65.0 Å². The second-order valence-electron chi connectivity index (χ2n) is 26.3. The molecule has 0 unspecified atom stereocenters. The van der Waals surface area contributed by atoms with E-state index in [4.69, 9.17) is 4.74 Å². The smallest absolute Gasteiger partial charge is 0.246 e. The number of allylic oxidation sites excluding steroid dienone is 1. The van der Waals surface area contributed by atoms with Crippen LogP contribution in [0.15, 0.2) is 12.2 Å². The van der Waals surface area contributed by atoms with E-state index in [1.54, 1.807) is 34.6 Å². The Bertz CT molecular complexity index is 2360. The maximum absolute atomic E-state index is 15.3. The first kappa shape index (κ1) is 75.0. The Morgan fingerprint density at radius 2 is 0.906 bits per heavy atom. The van der Waals surface area contributed by atoms with Crippen LogP contribution in [0, 0.1) is 41.4 Å². The first-order chi connectivity index (χ1) is 39.3. The minimum absolute atomic E-state index is 0.0769. The highest BCUT2D eigenvalue weighted by Gasteiger charge is 2.46. The van der Waals surface area contributed by atoms with E-state index in [2.05, 4.69) is 21.3 Å². The summed E-state index contributed by atoms with van der Waals surface area (Å²) in [6.07, 6.45) is 4.12. The molecule has 1 fully saturated rings. The van der Waals surface area contributed by atoms with Gasteiger partial charge in [0.1, 0.15) is 60.4 Å². The Kier molecular flexibility index (Phi) is 29.7. The van der Waals surface area contributed by atoms with Gasteiger partial charge in [-0.1, -0.05) is 109 Å². The Morgan fingerprint density at radius 1 is 0.459 bits per heavy atom. The van der Waals surface area contributed by atoms with Crippen LogP contribution in [-0.4, -0.2) is 228 Å². The van der Waals surface area contributed by atoms with Crippen molar-refractivity contribution in [1.82, 2.24) is 55.6 Å². The summed E-state index contributed by atoms with van der Waals surface area (Å²) in [5, 5.41) is 11.1. The van der Waals surface area contributed by atoms with E-state index in [0.29, 0.717) is 6.42 Å². The molecule has 2 rings (SSSR count). The fourth-order valence-electron chi connectivity index (χ4n) is 11.1. The molecular formula is C62H109N11O12. The maximum Gasteiger partial charge on any atom is 0.246 e. The van der Waals surface area contributed by atoms with E-state index in [1.165, 1.54) is 92.6 Å². The molecule has 0 aromatic carbocycles. The molecule has 0 radical (unpaired) electrons. The lowest BCUT2D eigenvalue weighted by Crippen LogP contribution is -2.64. The van der Waals surface area contributed by atoms with Gasteiger partial charge in [0, 0.05) is 49.3 Å². The standard InChI is InChI=1S/C62H109N11O12/c1-24-43-58(80)67(17)33-48(74)68(18)44(29-34(2)3)55(77)66-49(38(10)11)61(83)69(19)45(30-35(4)5)54(76)63-41(15)53(75)64-42(16)57(79)70(20)46(31-36(6)7)59(81)71(21)47(32-37(8)9)60(82)72(22)50(39(12)13)62(84)73(23)51(56(78)65-43)52-40(14)27-25-26-28-85-52/h25-26,34-47,49-52H,24,27-33H2,1-23H3,(H,63,76)(H,64,75)(H,65,78)(H,66,77)/t40-,41-,42+,43-,44+,45-,46-,47-,49-,50-,51-,52-/m1/s1. The monoisotopic (exact) mass is 1200 g/mol. The molecule has 2 aliphatic heterocycles. The fourth-order valence-corrected chi connectivity index (χ4v) is 11.1. The van der Waals surface area contributed by atoms with Gasteiger partial charge >= 0.3 is 0 Å². The number of amides is 11. The molecule has 0 aliphatic carbocycles. The summed E-state index contributed by atoms with van der Waals surface area (Å²) in [6, 6.07) is -11.8. The summed E-state index contributed by atoms with van der Waals surface area (Å²) in [6.45, 7) is 28.1. The quantitative estimate of drug-likeness (QED) is 0.205. The number of hydrogen-bond acceptors (Lipinski definition) is 12. The molecule has 85 heavy (non-hydrogen) atoms. The molecule has 0 spiro atoms. The molecule has 11 amide bonds. The first-order valence-corrected chi connectivity index (χ1v) is 30.7. The molecule has 2 heterocycles. The average Bonchev–Trinajstić information content (AvgIpc) is 2.75. The topological polar surface area (TPSA) is 268 Å². The Balaban J connectivity index is 2.96. The highest BCUT2D eigenvalue weighted by atomic mass is 16.5. The molecule has 0 aromatic rings. The number of carbonyl (C=O) groups is 11. The van der Waals surface area contributed by atoms with Gasteiger partial charge in [0.25, 0.3) is 0 Å². The summed E-state index contributed by atoms with van der Waals surface area (Å²) < 4.78 is 6.32. The van der Waals surface area contributed by atoms with Crippen molar-refractivity contribution in [2.24, 2.45) is 41.4 Å². The molecule has 484 valence electrons. The predicted octanol–water partition coefficient (Wildman–Crippen LogP) is 3.29. The Labute approximate surface area is 508 Å². The number of nitrogens with zero attached hydrogens (tertiary/aromatic N) is 7. The molecule has 23 heteroatoms. The van der Waals surface area contributed by atoms with Crippen molar-refractivity contribution in [3.8, 4) is 0 Å². The van der Waals surface area contributed by atoms with Gasteiger partial charge in [-0.15, -0.1) is 0 Å². The zero-order chi connectivity index (χ0) is 65.4. The summed E-state index contributed by atoms with van der Waals surface area (Å²) in [7, 11) is 10.2. The molecule has 12 atom stereocenters. The van der Waals surface area contributed by atoms with Crippen LogP contribution in [0.5, 0.6) is 0 Å². The SMILES string of the molecule is CC[C@H]1NC(=O)[C@@H]([C@@H]2OCC=CC[C@H]2C)N(C)C(=O)[C@@H](C(C)C)N(C)C(=O)[C@@H](CC(C)C)N(C)C(=O)[C@@H](CC(C)C)N(C)C(=O)[C@H](C)NC(=O)[C@@H](C)NC(=O)[C@@H](CC(C)C)N(C)C(=O)[C@@H](C(C)C)NC(=O)[C@H](CC(C)C)N(C)C(=O)CN(C)C1=O. The third-order valence-corrected chi connectivity index (χ3v) is 16.4. The zero-order valence-electron chi connectivity index (χ0n) is 55.7. The predicted molar refractivity (Wildman–Crippen MR) is 327 cm³/mol. The van der Waals surface area contributed by atoms with Crippen LogP contribution in [-0.2, 0) is 57.5 Å². The highest BCUT2D eigenvalue weighted by molar-refractivity contribution is 5.99. The number of nitrogens with one attached hydrogen (secondary N) is 4. The van der Waals surface area contributed by atoms with Crippen molar-refractivity contribution < 1.29 is 57.5 Å². The minimum atomic E-state index is -1.34. The third-order valence-electron chi connectivity index (χ3n) is 16.4. The lowest BCUT2D eigenvalue weighted by molar-refractivity contribution is -0.158. The van der Waals surface area contributed by atoms with Crippen molar-refractivity contribution in [1.29, 1.82) is 0 Å². The van der Waals surface area contributed by atoms with E-state index in [0.717, 1.165) is 4.90 Å². The summed E-state index contributed by atoms with van der Waals surface area (Å²) >= 11 is 0. The van der Waals surface area contributed by atoms with Crippen molar-refractivity contribution in [2.45, 2.75) is 216 Å². The molecule has 0 saturated carbocycles. The normalized spacial score (nSPS) is 28.8. The summed E-state index contributed by atoms with van der Waals surface area (Å²) in [5.41, 5.74) is 0. The molecule has 2 aliphatic rings. The largest absolute Gasteiger partial charge is 0.371 e. The van der Waals surface area contributed by atoms with Gasteiger partial charge in [0.15, 0.2) is 0 Å². The van der Waals surface area contributed by atoms with Crippen molar-refractivity contribution in [2.75, 3.05) is 62.5 Å². The van der Waals surface area contributed by atoms with Crippen molar-refractivity contribution >= 4 is 65.0 Å². The van der Waals surface area contributed by atoms with Crippen LogP contribution in [0.2, 0.25) is 0 Å². The maximum atomic E-state index is 15.3. The summed E-state index contributed by atoms with van der Waals surface area (Å²) in [5.74, 6) is -8.81. The number of ether oxygens (including phenoxy) is 1. The van der Waals surface area contributed by atoms with Crippen LogP contribution < -0.4 is 21.3 Å². The summed E-state index contributed by atoms with van der Waals surface area (Å²) in [4.78, 5) is 170. The van der Waals surface area contributed by atoms with Gasteiger partial charge < -0.3 is 60.3 Å². The van der Waals surface area contributed by atoms with E-state index in [1.807, 2.05) is 74.5 Å². The molecule has 0 bridgehead atoms. The Morgan fingerprint density at radius 3 is 1.39 bits per heavy atom. The second-order valence-corrected chi connectivity index (χ2v) is 26.3. The second kappa shape index (κ2) is 33.7. The van der Waals surface area contributed by atoms with Crippen LogP contribution in [0.1, 0.15) is 149 Å².